The number of rotatable bonds is 20. The van der Waals surface area contributed by atoms with Crippen LogP contribution in [0.15, 0.2) is 78.9 Å². The summed E-state index contributed by atoms with van der Waals surface area (Å²) in [4.78, 5) is 24.2. The van der Waals surface area contributed by atoms with Gasteiger partial charge in [0.15, 0.2) is 0 Å². The minimum absolute atomic E-state index is 0.159. The summed E-state index contributed by atoms with van der Waals surface area (Å²) >= 11 is 0. The van der Waals surface area contributed by atoms with Crippen LogP contribution in [0.25, 0.3) is 22.3 Å². The summed E-state index contributed by atoms with van der Waals surface area (Å²) in [5, 5.41) is 19.8. The standard InChI is InChI=1S/C47H62O7/c1-8-35-27-39(38-19-17-37(18-20-38)36-15-13-34(6)14-16-36)21-22-43(35)42-28-40(11-9-24-53-45(50)32(2)3)44(52-26-23-47(7,30-48)31-49)41(29-42)12-10-25-54-46(51)33(4)5/h17-22,27-29,34,36,48-49H,2,4,8-16,23-26,30-31H2,1,3,5-7H3. The summed E-state index contributed by atoms with van der Waals surface area (Å²) in [6.07, 6.45) is 8.79. The van der Waals surface area contributed by atoms with Crippen molar-refractivity contribution in [3.63, 3.8) is 0 Å². The minimum atomic E-state index is -0.680. The molecule has 0 unspecified atom stereocenters. The Kier molecular flexibility index (Phi) is 16.1. The molecule has 2 N–H and O–H groups in total. The maximum Gasteiger partial charge on any atom is 0.333 e. The Labute approximate surface area is 323 Å². The molecule has 0 heterocycles. The second-order valence-electron chi connectivity index (χ2n) is 15.7. The van der Waals surface area contributed by atoms with E-state index in [9.17, 15) is 19.8 Å². The Bertz CT molecular complexity index is 1670. The van der Waals surface area contributed by atoms with Gasteiger partial charge in [-0.25, -0.2) is 9.59 Å². The summed E-state index contributed by atoms with van der Waals surface area (Å²) in [5.41, 5.74) is 9.26. The third kappa shape index (κ3) is 11.9. The van der Waals surface area contributed by atoms with Crippen LogP contribution in [-0.2, 0) is 38.3 Å². The van der Waals surface area contributed by atoms with Gasteiger partial charge in [0, 0.05) is 16.6 Å². The Hall–Kier alpha value is -4.20. The second kappa shape index (κ2) is 20.5. The van der Waals surface area contributed by atoms with Crippen molar-refractivity contribution in [2.24, 2.45) is 11.3 Å². The highest BCUT2D eigenvalue weighted by Crippen LogP contribution is 2.38. The molecule has 3 aromatic rings. The van der Waals surface area contributed by atoms with E-state index >= 15 is 0 Å². The zero-order valence-electron chi connectivity index (χ0n) is 33.3. The molecule has 0 radical (unpaired) electrons. The van der Waals surface area contributed by atoms with E-state index in [1.165, 1.54) is 47.9 Å². The fraction of sp³-hybridized carbons (Fsp3) is 0.489. The summed E-state index contributed by atoms with van der Waals surface area (Å²) in [6, 6.07) is 20.2. The van der Waals surface area contributed by atoms with Gasteiger partial charge >= 0.3 is 11.9 Å². The average molecular weight is 739 g/mol. The van der Waals surface area contributed by atoms with Gasteiger partial charge in [-0.1, -0.05) is 89.2 Å². The number of benzene rings is 3. The molecular weight excluding hydrogens is 677 g/mol. The van der Waals surface area contributed by atoms with E-state index in [1.807, 2.05) is 6.92 Å². The first kappa shape index (κ1) is 42.5. The van der Waals surface area contributed by atoms with Gasteiger partial charge in [-0.15, -0.1) is 0 Å². The van der Waals surface area contributed by atoms with Crippen molar-refractivity contribution in [1.82, 2.24) is 0 Å². The van der Waals surface area contributed by atoms with Gasteiger partial charge in [0.25, 0.3) is 0 Å². The highest BCUT2D eigenvalue weighted by molar-refractivity contribution is 5.87. The van der Waals surface area contributed by atoms with E-state index in [0.717, 1.165) is 40.3 Å². The lowest BCUT2D eigenvalue weighted by Crippen LogP contribution is -2.28. The van der Waals surface area contributed by atoms with Gasteiger partial charge in [-0.2, -0.15) is 0 Å². The molecule has 0 spiro atoms. The molecule has 0 bridgehead atoms. The van der Waals surface area contributed by atoms with Crippen LogP contribution < -0.4 is 4.74 Å². The number of aliphatic hydroxyl groups excluding tert-OH is 2. The van der Waals surface area contributed by atoms with E-state index in [0.29, 0.717) is 55.8 Å². The van der Waals surface area contributed by atoms with E-state index in [4.69, 9.17) is 14.2 Å². The number of hydrogen-bond acceptors (Lipinski definition) is 7. The molecule has 0 aromatic heterocycles. The third-order valence-electron chi connectivity index (χ3n) is 10.8. The fourth-order valence-electron chi connectivity index (χ4n) is 7.06. The van der Waals surface area contributed by atoms with Crippen molar-refractivity contribution in [3.8, 4) is 28.0 Å². The number of hydrogen-bond donors (Lipinski definition) is 2. The molecule has 0 aliphatic heterocycles. The van der Waals surface area contributed by atoms with E-state index < -0.39 is 17.4 Å². The third-order valence-corrected chi connectivity index (χ3v) is 10.8. The van der Waals surface area contributed by atoms with Crippen LogP contribution in [-0.4, -0.2) is 55.2 Å². The normalized spacial score (nSPS) is 15.8. The van der Waals surface area contributed by atoms with Crippen LogP contribution >= 0.6 is 0 Å². The van der Waals surface area contributed by atoms with Crippen LogP contribution in [0.5, 0.6) is 5.75 Å². The Morgan fingerprint density at radius 1 is 0.741 bits per heavy atom. The number of ether oxygens (including phenoxy) is 3. The fourth-order valence-corrected chi connectivity index (χ4v) is 7.06. The first-order valence-corrected chi connectivity index (χ1v) is 19.8. The molecule has 0 saturated heterocycles. The van der Waals surface area contributed by atoms with Crippen molar-refractivity contribution < 1.29 is 34.0 Å². The quantitative estimate of drug-likeness (QED) is 0.0676. The Morgan fingerprint density at radius 2 is 1.26 bits per heavy atom. The number of aryl methyl sites for hydroxylation is 3. The van der Waals surface area contributed by atoms with Crippen LogP contribution in [0.1, 0.15) is 108 Å². The summed E-state index contributed by atoms with van der Waals surface area (Å²) in [5.74, 6) is 1.40. The molecule has 1 aliphatic carbocycles. The maximum absolute atomic E-state index is 12.1. The zero-order valence-corrected chi connectivity index (χ0v) is 33.3. The predicted molar refractivity (Wildman–Crippen MR) is 218 cm³/mol. The van der Waals surface area contributed by atoms with Gasteiger partial charge in [0.1, 0.15) is 5.75 Å². The molecule has 7 heteroatoms. The van der Waals surface area contributed by atoms with Gasteiger partial charge in [0.05, 0.1) is 33.0 Å². The maximum atomic E-state index is 12.1. The van der Waals surface area contributed by atoms with Crippen molar-refractivity contribution in [2.45, 2.75) is 105 Å². The largest absolute Gasteiger partial charge is 0.493 e. The number of esters is 2. The topological polar surface area (TPSA) is 102 Å². The molecule has 54 heavy (non-hydrogen) atoms. The lowest BCUT2D eigenvalue weighted by atomic mass is 9.79. The molecule has 1 aliphatic rings. The van der Waals surface area contributed by atoms with E-state index in [1.54, 1.807) is 13.8 Å². The monoisotopic (exact) mass is 738 g/mol. The average Bonchev–Trinajstić information content (AvgIpc) is 3.18. The van der Waals surface area contributed by atoms with E-state index in [2.05, 4.69) is 81.6 Å². The molecule has 3 aromatic carbocycles. The lowest BCUT2D eigenvalue weighted by molar-refractivity contribution is -0.139. The van der Waals surface area contributed by atoms with Crippen molar-refractivity contribution in [3.05, 3.63) is 101 Å². The zero-order chi connectivity index (χ0) is 39.3. The Morgan fingerprint density at radius 3 is 1.76 bits per heavy atom. The first-order valence-electron chi connectivity index (χ1n) is 19.8. The summed E-state index contributed by atoms with van der Waals surface area (Å²) in [7, 11) is 0. The molecule has 4 rings (SSSR count). The predicted octanol–water partition coefficient (Wildman–Crippen LogP) is 9.74. The molecule has 0 atom stereocenters. The summed E-state index contributed by atoms with van der Waals surface area (Å²) < 4.78 is 17.4. The number of carbonyl (C=O) groups is 2. The van der Waals surface area contributed by atoms with Gasteiger partial charge < -0.3 is 24.4 Å². The van der Waals surface area contributed by atoms with Crippen molar-refractivity contribution in [1.29, 1.82) is 0 Å². The van der Waals surface area contributed by atoms with Crippen LogP contribution in [0.3, 0.4) is 0 Å². The van der Waals surface area contributed by atoms with Gasteiger partial charge in [-0.05, 0) is 134 Å². The highest BCUT2D eigenvalue weighted by Gasteiger charge is 2.24. The SMILES string of the molecule is C=C(C)C(=O)OCCCc1cc(-c2ccc(-c3ccc(C4CCC(C)CC4)cc3)cc2CC)cc(CCCOC(=O)C(=C)C)c1OCCC(C)(CO)CO. The minimum Gasteiger partial charge on any atom is -0.493 e. The molecule has 1 fully saturated rings. The first-order chi connectivity index (χ1) is 25.9. The number of carbonyl (C=O) groups excluding carboxylic acids is 2. The molecular formula is C47H62O7. The van der Waals surface area contributed by atoms with Crippen LogP contribution in [0.4, 0.5) is 0 Å². The van der Waals surface area contributed by atoms with Gasteiger partial charge in [-0.3, -0.25) is 0 Å². The molecule has 1 saturated carbocycles. The lowest BCUT2D eigenvalue weighted by Gasteiger charge is -2.26. The smallest absolute Gasteiger partial charge is 0.333 e. The molecule has 0 amide bonds. The van der Waals surface area contributed by atoms with Crippen LogP contribution in [0, 0.1) is 11.3 Å². The molecule has 292 valence electrons. The van der Waals surface area contributed by atoms with Crippen LogP contribution in [0.2, 0.25) is 0 Å². The van der Waals surface area contributed by atoms with Gasteiger partial charge in [0.2, 0.25) is 0 Å². The van der Waals surface area contributed by atoms with Crippen molar-refractivity contribution in [2.75, 3.05) is 33.0 Å². The van der Waals surface area contributed by atoms with E-state index in [-0.39, 0.29) is 26.4 Å². The molecule has 7 nitrogen and oxygen atoms in total. The highest BCUT2D eigenvalue weighted by atomic mass is 16.5. The van der Waals surface area contributed by atoms with Crippen molar-refractivity contribution >= 4 is 11.9 Å². The Balaban J connectivity index is 1.68. The summed E-state index contributed by atoms with van der Waals surface area (Å²) in [6.45, 7) is 17.5. The second-order valence-corrected chi connectivity index (χ2v) is 15.7. The number of aliphatic hydroxyl groups is 2.